The number of carboxylic acids is 1. The zero-order valence-corrected chi connectivity index (χ0v) is 22.6. The molecule has 206 valence electrons. The number of hydrogen-bond donors (Lipinski definition) is 1. The van der Waals surface area contributed by atoms with Gasteiger partial charge in [-0.05, 0) is 61.6 Å². The molecule has 0 spiro atoms. The van der Waals surface area contributed by atoms with Crippen LogP contribution in [0.1, 0.15) is 70.1 Å². The SMILES string of the molecule is CCOC[C@H]1CCCN1C(=O)c1cccc(-c2cccc(-n3ncc(C(=O)O)c3[C@@H]3C[C@H]3c3cn(C)nn3)c2)c1. The van der Waals surface area contributed by atoms with E-state index in [2.05, 4.69) is 15.4 Å². The summed E-state index contributed by atoms with van der Waals surface area (Å²) in [5.41, 5.74) is 4.94. The van der Waals surface area contributed by atoms with Crippen molar-refractivity contribution in [1.82, 2.24) is 29.7 Å². The molecule has 2 aromatic heterocycles. The molecular weight excluding hydrogens is 508 g/mol. The van der Waals surface area contributed by atoms with Crippen molar-refractivity contribution in [3.8, 4) is 16.8 Å². The number of carbonyl (C=O) groups excluding carboxylic acids is 1. The van der Waals surface area contributed by atoms with E-state index in [1.807, 2.05) is 73.6 Å². The number of benzene rings is 2. The molecule has 0 bridgehead atoms. The highest BCUT2D eigenvalue weighted by Gasteiger charge is 2.46. The maximum Gasteiger partial charge on any atom is 0.339 e. The predicted octanol–water partition coefficient (Wildman–Crippen LogP) is 4.28. The van der Waals surface area contributed by atoms with Gasteiger partial charge in [-0.25, -0.2) is 9.48 Å². The van der Waals surface area contributed by atoms with E-state index >= 15 is 0 Å². The molecule has 40 heavy (non-hydrogen) atoms. The molecule has 3 heterocycles. The lowest BCUT2D eigenvalue weighted by Crippen LogP contribution is -2.38. The predicted molar refractivity (Wildman–Crippen MR) is 148 cm³/mol. The number of carboxylic acid groups (broad SMARTS) is 1. The van der Waals surface area contributed by atoms with Crippen LogP contribution < -0.4 is 0 Å². The van der Waals surface area contributed by atoms with Gasteiger partial charge in [-0.1, -0.05) is 29.5 Å². The van der Waals surface area contributed by atoms with Crippen LogP contribution in [0.4, 0.5) is 0 Å². The first-order chi connectivity index (χ1) is 19.4. The molecule has 1 aliphatic heterocycles. The third-order valence-corrected chi connectivity index (χ3v) is 7.86. The molecule has 1 aliphatic carbocycles. The minimum absolute atomic E-state index is 0.0139. The summed E-state index contributed by atoms with van der Waals surface area (Å²) in [5, 5.41) is 22.7. The van der Waals surface area contributed by atoms with Crippen LogP contribution in [0, 0.1) is 0 Å². The molecule has 2 aromatic carbocycles. The number of rotatable bonds is 9. The normalized spacial score (nSPS) is 20.1. The Morgan fingerprint density at radius 3 is 2.65 bits per heavy atom. The molecule has 1 N–H and O–H groups in total. The van der Waals surface area contributed by atoms with Gasteiger partial charge in [-0.3, -0.25) is 9.48 Å². The van der Waals surface area contributed by atoms with Gasteiger partial charge >= 0.3 is 5.97 Å². The van der Waals surface area contributed by atoms with Gasteiger partial charge < -0.3 is 14.7 Å². The van der Waals surface area contributed by atoms with Gasteiger partial charge in [-0.2, -0.15) is 5.10 Å². The van der Waals surface area contributed by atoms with Crippen molar-refractivity contribution in [3.63, 3.8) is 0 Å². The third-order valence-electron chi connectivity index (χ3n) is 7.86. The van der Waals surface area contributed by atoms with E-state index in [1.54, 1.807) is 9.36 Å². The van der Waals surface area contributed by atoms with Gasteiger partial charge in [0.25, 0.3) is 5.91 Å². The first kappa shape index (κ1) is 25.9. The summed E-state index contributed by atoms with van der Waals surface area (Å²) in [4.78, 5) is 27.4. The maximum absolute atomic E-state index is 13.4. The summed E-state index contributed by atoms with van der Waals surface area (Å²) >= 11 is 0. The minimum atomic E-state index is -1.00. The summed E-state index contributed by atoms with van der Waals surface area (Å²) in [7, 11) is 1.82. The molecule has 0 radical (unpaired) electrons. The zero-order chi connectivity index (χ0) is 27.8. The molecule has 2 aliphatic rings. The van der Waals surface area contributed by atoms with Crippen LogP contribution in [-0.4, -0.2) is 72.5 Å². The van der Waals surface area contributed by atoms with Crippen molar-refractivity contribution in [2.45, 2.75) is 44.1 Å². The van der Waals surface area contributed by atoms with E-state index in [0.717, 1.165) is 48.3 Å². The fourth-order valence-corrected chi connectivity index (χ4v) is 5.79. The van der Waals surface area contributed by atoms with Crippen LogP contribution in [0.5, 0.6) is 0 Å². The molecule has 1 amide bonds. The summed E-state index contributed by atoms with van der Waals surface area (Å²) in [6.07, 6.45) is 6.02. The van der Waals surface area contributed by atoms with E-state index in [9.17, 15) is 14.7 Å². The number of likely N-dealkylation sites (tertiary alicyclic amines) is 1. The molecule has 10 heteroatoms. The number of aryl methyl sites for hydroxylation is 1. The van der Waals surface area contributed by atoms with Crippen LogP contribution >= 0.6 is 0 Å². The molecule has 0 unspecified atom stereocenters. The van der Waals surface area contributed by atoms with Crippen molar-refractivity contribution < 1.29 is 19.4 Å². The number of amides is 1. The number of aromatic nitrogens is 5. The second-order valence-electron chi connectivity index (χ2n) is 10.5. The first-order valence-corrected chi connectivity index (χ1v) is 13.7. The van der Waals surface area contributed by atoms with Crippen molar-refractivity contribution in [1.29, 1.82) is 0 Å². The number of ether oxygens (including phenoxy) is 1. The van der Waals surface area contributed by atoms with Crippen molar-refractivity contribution >= 4 is 11.9 Å². The largest absolute Gasteiger partial charge is 0.478 e. The Bertz CT molecular complexity index is 1560. The molecule has 3 atom stereocenters. The minimum Gasteiger partial charge on any atom is -0.478 e. The summed E-state index contributed by atoms with van der Waals surface area (Å²) in [6, 6.07) is 15.6. The molecule has 1 saturated heterocycles. The fraction of sp³-hybridized carbons (Fsp3) is 0.367. The van der Waals surface area contributed by atoms with E-state index in [1.165, 1.54) is 6.20 Å². The van der Waals surface area contributed by atoms with Crippen molar-refractivity contribution in [3.05, 3.63) is 83.4 Å². The molecule has 2 fully saturated rings. The Morgan fingerprint density at radius 2 is 1.90 bits per heavy atom. The lowest BCUT2D eigenvalue weighted by atomic mass is 10.0. The van der Waals surface area contributed by atoms with Crippen LogP contribution in [0.3, 0.4) is 0 Å². The quantitative estimate of drug-likeness (QED) is 0.337. The fourth-order valence-electron chi connectivity index (χ4n) is 5.79. The van der Waals surface area contributed by atoms with Gasteiger partial charge in [0.1, 0.15) is 5.56 Å². The monoisotopic (exact) mass is 540 g/mol. The van der Waals surface area contributed by atoms with Crippen LogP contribution in [0.15, 0.2) is 60.9 Å². The number of nitrogens with zero attached hydrogens (tertiary/aromatic N) is 6. The van der Waals surface area contributed by atoms with Crippen LogP contribution in [0.2, 0.25) is 0 Å². The highest BCUT2D eigenvalue weighted by Crippen LogP contribution is 2.55. The average molecular weight is 541 g/mol. The third kappa shape index (κ3) is 4.90. The highest BCUT2D eigenvalue weighted by atomic mass is 16.5. The smallest absolute Gasteiger partial charge is 0.339 e. The molecular formula is C30H32N6O4. The average Bonchev–Trinajstić information content (AvgIpc) is 3.29. The van der Waals surface area contributed by atoms with Gasteiger partial charge in [0.15, 0.2) is 0 Å². The van der Waals surface area contributed by atoms with Crippen LogP contribution in [0.25, 0.3) is 16.8 Å². The molecule has 10 nitrogen and oxygen atoms in total. The van der Waals surface area contributed by atoms with Gasteiger partial charge in [-0.15, -0.1) is 5.10 Å². The Balaban J connectivity index is 1.29. The van der Waals surface area contributed by atoms with Gasteiger partial charge in [0.2, 0.25) is 0 Å². The summed E-state index contributed by atoms with van der Waals surface area (Å²) in [5.74, 6) is -0.896. The Kier molecular flexibility index (Phi) is 6.93. The zero-order valence-electron chi connectivity index (χ0n) is 22.6. The van der Waals surface area contributed by atoms with Gasteiger partial charge in [0.05, 0.1) is 35.9 Å². The lowest BCUT2D eigenvalue weighted by Gasteiger charge is -2.24. The second-order valence-corrected chi connectivity index (χ2v) is 10.5. The van der Waals surface area contributed by atoms with Crippen molar-refractivity contribution in [2.75, 3.05) is 19.8 Å². The number of aromatic carboxylic acids is 1. The Labute approximate surface area is 232 Å². The highest BCUT2D eigenvalue weighted by molar-refractivity contribution is 5.96. The molecule has 1 saturated carbocycles. The molecule has 4 aromatic rings. The first-order valence-electron chi connectivity index (χ1n) is 13.7. The van der Waals surface area contributed by atoms with E-state index < -0.39 is 5.97 Å². The standard InChI is InChI=1S/C30H32N6O4/c1-3-40-18-23-11-6-12-35(23)29(37)21-9-4-7-19(13-21)20-8-5-10-22(14-20)36-28(26(16-31-36)30(38)39)25-15-24(25)27-17-34(2)33-32-27/h4-5,7-10,13-14,16-17,23-25H,3,6,11-12,15,18H2,1-2H3,(H,38,39)/t23-,24-,25-/m1/s1. The maximum atomic E-state index is 13.4. The second kappa shape index (κ2) is 10.7. The number of hydrogen-bond acceptors (Lipinski definition) is 6. The van der Waals surface area contributed by atoms with Crippen molar-refractivity contribution in [2.24, 2.45) is 7.05 Å². The van der Waals surface area contributed by atoms with E-state index in [0.29, 0.717) is 24.5 Å². The number of carbonyl (C=O) groups is 2. The summed E-state index contributed by atoms with van der Waals surface area (Å²) in [6.45, 7) is 3.90. The van der Waals surface area contributed by atoms with E-state index in [4.69, 9.17) is 4.74 Å². The lowest BCUT2D eigenvalue weighted by molar-refractivity contribution is 0.0564. The summed E-state index contributed by atoms with van der Waals surface area (Å²) < 4.78 is 9.00. The Morgan fingerprint density at radius 1 is 1.10 bits per heavy atom. The van der Waals surface area contributed by atoms with Crippen LogP contribution in [-0.2, 0) is 11.8 Å². The van der Waals surface area contributed by atoms with E-state index in [-0.39, 0.29) is 29.3 Å². The Hall–Kier alpha value is -4.31. The van der Waals surface area contributed by atoms with Gasteiger partial charge in [0, 0.05) is 43.8 Å². The molecule has 6 rings (SSSR count). The topological polar surface area (TPSA) is 115 Å².